The van der Waals surface area contributed by atoms with Gasteiger partial charge in [-0.1, -0.05) is 45.4 Å². The Morgan fingerprint density at radius 2 is 1.80 bits per heavy atom. The third-order valence-electron chi connectivity index (χ3n) is 2.71. The highest BCUT2D eigenvalue weighted by Crippen LogP contribution is 2.24. The molecule has 1 heteroatoms. The molecule has 0 bridgehead atoms. The Kier molecular flexibility index (Phi) is 4.67. The van der Waals surface area contributed by atoms with Crippen LogP contribution in [0.25, 0.3) is 0 Å². The quantitative estimate of drug-likeness (QED) is 0.750. The first kappa shape index (κ1) is 12.1. The van der Waals surface area contributed by atoms with Gasteiger partial charge in [-0.3, -0.25) is 0 Å². The van der Waals surface area contributed by atoms with Crippen LogP contribution in [0.1, 0.15) is 52.0 Å². The number of rotatable bonds is 5. The molecule has 1 nitrogen and oxygen atoms in total. The fraction of sp³-hybridized carbons (Fsp3) is 0.571. The van der Waals surface area contributed by atoms with Crippen molar-refractivity contribution in [2.24, 2.45) is 0 Å². The smallest absolute Gasteiger partial charge is 0.0377 e. The summed E-state index contributed by atoms with van der Waals surface area (Å²) in [5, 5.41) is 3.59. The van der Waals surface area contributed by atoms with Gasteiger partial charge in [0.25, 0.3) is 0 Å². The first-order valence-electron chi connectivity index (χ1n) is 6.00. The van der Waals surface area contributed by atoms with Crippen molar-refractivity contribution in [3.8, 4) is 0 Å². The van der Waals surface area contributed by atoms with Gasteiger partial charge in [-0.2, -0.15) is 0 Å². The summed E-state index contributed by atoms with van der Waals surface area (Å²) < 4.78 is 0. The maximum Gasteiger partial charge on any atom is 0.0377 e. The molecule has 1 N–H and O–H groups in total. The van der Waals surface area contributed by atoms with Gasteiger partial charge >= 0.3 is 0 Å². The zero-order valence-corrected chi connectivity index (χ0v) is 10.4. The third kappa shape index (κ3) is 3.58. The van der Waals surface area contributed by atoms with E-state index in [1.54, 1.807) is 0 Å². The highest BCUT2D eigenvalue weighted by Gasteiger charge is 2.07. The first-order valence-corrected chi connectivity index (χ1v) is 6.00. The zero-order valence-electron chi connectivity index (χ0n) is 10.4. The fourth-order valence-corrected chi connectivity index (χ4v) is 1.90. The van der Waals surface area contributed by atoms with Crippen LogP contribution in [0.4, 0.5) is 5.69 Å². The molecule has 1 aromatic rings. The first-order chi connectivity index (χ1) is 7.15. The Bertz CT molecular complexity index is 291. The molecule has 1 unspecified atom stereocenters. The number of para-hydroxylation sites is 1. The lowest BCUT2D eigenvalue weighted by Gasteiger charge is -2.19. The number of benzene rings is 1. The van der Waals surface area contributed by atoms with Crippen LogP contribution in [-0.4, -0.2) is 6.04 Å². The molecule has 1 atom stereocenters. The van der Waals surface area contributed by atoms with Gasteiger partial charge in [0.05, 0.1) is 0 Å². The maximum atomic E-state index is 3.59. The van der Waals surface area contributed by atoms with Crippen molar-refractivity contribution in [1.82, 2.24) is 0 Å². The van der Waals surface area contributed by atoms with Crippen molar-refractivity contribution in [3.63, 3.8) is 0 Å². The Morgan fingerprint density at radius 1 is 1.13 bits per heavy atom. The molecule has 84 valence electrons. The van der Waals surface area contributed by atoms with Gasteiger partial charge in [-0.15, -0.1) is 0 Å². The minimum atomic E-state index is 0.565. The topological polar surface area (TPSA) is 12.0 Å². The van der Waals surface area contributed by atoms with Crippen LogP contribution in [0.5, 0.6) is 0 Å². The molecule has 15 heavy (non-hydrogen) atoms. The average Bonchev–Trinajstić information content (AvgIpc) is 2.18. The van der Waals surface area contributed by atoms with Crippen molar-refractivity contribution in [2.75, 3.05) is 5.32 Å². The van der Waals surface area contributed by atoms with E-state index >= 15 is 0 Å². The van der Waals surface area contributed by atoms with Crippen LogP contribution >= 0.6 is 0 Å². The van der Waals surface area contributed by atoms with Gasteiger partial charge in [0, 0.05) is 11.7 Å². The van der Waals surface area contributed by atoms with Crippen molar-refractivity contribution in [2.45, 2.75) is 52.5 Å². The molecule has 0 amide bonds. The summed E-state index contributed by atoms with van der Waals surface area (Å²) in [6.45, 7) is 8.96. The fourth-order valence-electron chi connectivity index (χ4n) is 1.90. The molecular formula is C14H23N. The van der Waals surface area contributed by atoms with Crippen LogP contribution in [0.3, 0.4) is 0 Å². The van der Waals surface area contributed by atoms with Gasteiger partial charge in [-0.05, 0) is 30.9 Å². The summed E-state index contributed by atoms with van der Waals surface area (Å²) in [6.07, 6.45) is 2.46. The second kappa shape index (κ2) is 5.79. The highest BCUT2D eigenvalue weighted by molar-refractivity contribution is 5.53. The van der Waals surface area contributed by atoms with E-state index in [0.29, 0.717) is 12.0 Å². The summed E-state index contributed by atoms with van der Waals surface area (Å²) in [6, 6.07) is 9.18. The Labute approximate surface area is 93.9 Å². The van der Waals surface area contributed by atoms with E-state index in [4.69, 9.17) is 0 Å². The highest BCUT2D eigenvalue weighted by atomic mass is 14.9. The summed E-state index contributed by atoms with van der Waals surface area (Å²) in [5.41, 5.74) is 2.72. The predicted octanol–water partition coefficient (Wildman–Crippen LogP) is 4.41. The molecule has 0 saturated carbocycles. The van der Waals surface area contributed by atoms with Gasteiger partial charge in [0.2, 0.25) is 0 Å². The molecule has 1 rings (SSSR count). The maximum absolute atomic E-state index is 3.59. The molecule has 0 aliphatic rings. The zero-order chi connectivity index (χ0) is 11.3. The SMILES string of the molecule is CCCC(C)Nc1ccccc1C(C)C. The standard InChI is InChI=1S/C14H23N/c1-5-8-12(4)15-14-10-7-6-9-13(14)11(2)3/h6-7,9-12,15H,5,8H2,1-4H3. The predicted molar refractivity (Wildman–Crippen MR) is 68.5 cm³/mol. The molecule has 0 saturated heterocycles. The van der Waals surface area contributed by atoms with E-state index in [0.717, 1.165) is 0 Å². The second-order valence-electron chi connectivity index (χ2n) is 4.58. The van der Waals surface area contributed by atoms with Crippen LogP contribution in [0, 0.1) is 0 Å². The minimum absolute atomic E-state index is 0.565. The number of nitrogens with one attached hydrogen (secondary N) is 1. The molecule has 0 radical (unpaired) electrons. The van der Waals surface area contributed by atoms with E-state index in [9.17, 15) is 0 Å². The van der Waals surface area contributed by atoms with Crippen molar-refractivity contribution in [3.05, 3.63) is 29.8 Å². The Hall–Kier alpha value is -0.980. The lowest BCUT2D eigenvalue weighted by molar-refractivity contribution is 0.688. The van der Waals surface area contributed by atoms with Crippen molar-refractivity contribution >= 4 is 5.69 Å². The van der Waals surface area contributed by atoms with Crippen molar-refractivity contribution in [1.29, 1.82) is 0 Å². The van der Waals surface area contributed by atoms with E-state index in [1.165, 1.54) is 24.1 Å². The molecule has 0 fully saturated rings. The number of hydrogen-bond donors (Lipinski definition) is 1. The summed E-state index contributed by atoms with van der Waals surface area (Å²) in [7, 11) is 0. The Morgan fingerprint density at radius 3 is 2.40 bits per heavy atom. The van der Waals surface area contributed by atoms with Gasteiger partial charge in [0.1, 0.15) is 0 Å². The van der Waals surface area contributed by atoms with E-state index < -0.39 is 0 Å². The largest absolute Gasteiger partial charge is 0.382 e. The molecule has 0 spiro atoms. The molecule has 0 aliphatic heterocycles. The summed E-state index contributed by atoms with van der Waals surface area (Å²) >= 11 is 0. The molecule has 0 aromatic heterocycles. The second-order valence-corrected chi connectivity index (χ2v) is 4.58. The van der Waals surface area contributed by atoms with E-state index in [-0.39, 0.29) is 0 Å². The van der Waals surface area contributed by atoms with E-state index in [2.05, 4.69) is 57.3 Å². The van der Waals surface area contributed by atoms with Crippen LogP contribution < -0.4 is 5.32 Å². The molecular weight excluding hydrogens is 182 g/mol. The van der Waals surface area contributed by atoms with Crippen LogP contribution in [0.2, 0.25) is 0 Å². The van der Waals surface area contributed by atoms with Crippen LogP contribution in [-0.2, 0) is 0 Å². The van der Waals surface area contributed by atoms with Gasteiger partial charge < -0.3 is 5.32 Å². The van der Waals surface area contributed by atoms with Gasteiger partial charge in [-0.25, -0.2) is 0 Å². The lowest BCUT2D eigenvalue weighted by Crippen LogP contribution is -2.15. The third-order valence-corrected chi connectivity index (χ3v) is 2.71. The summed E-state index contributed by atoms with van der Waals surface area (Å²) in [4.78, 5) is 0. The number of hydrogen-bond acceptors (Lipinski definition) is 1. The monoisotopic (exact) mass is 205 g/mol. The van der Waals surface area contributed by atoms with Gasteiger partial charge in [0.15, 0.2) is 0 Å². The van der Waals surface area contributed by atoms with Crippen LogP contribution in [0.15, 0.2) is 24.3 Å². The molecule has 1 aromatic carbocycles. The number of anilines is 1. The molecule has 0 aliphatic carbocycles. The average molecular weight is 205 g/mol. The lowest BCUT2D eigenvalue weighted by atomic mass is 10.0. The van der Waals surface area contributed by atoms with E-state index in [1.807, 2.05) is 0 Å². The molecule has 0 heterocycles. The normalized spacial score (nSPS) is 12.9. The van der Waals surface area contributed by atoms with Crippen molar-refractivity contribution < 1.29 is 0 Å². The Balaban J connectivity index is 2.75. The summed E-state index contributed by atoms with van der Waals surface area (Å²) in [5.74, 6) is 0.586. The minimum Gasteiger partial charge on any atom is -0.382 e.